The molecule has 1 atom stereocenters. The summed E-state index contributed by atoms with van der Waals surface area (Å²) in [7, 11) is 0. The van der Waals surface area contributed by atoms with Crippen LogP contribution in [0.5, 0.6) is 0 Å². The number of hydrogen-bond acceptors (Lipinski definition) is 5. The molecule has 0 aromatic carbocycles. The average molecular weight is 327 g/mol. The number of aromatic amines is 1. The highest BCUT2D eigenvalue weighted by molar-refractivity contribution is 5.79. The lowest BCUT2D eigenvalue weighted by Crippen LogP contribution is -2.46. The fourth-order valence-electron chi connectivity index (χ4n) is 2.87. The van der Waals surface area contributed by atoms with Crippen molar-refractivity contribution in [3.63, 3.8) is 0 Å². The van der Waals surface area contributed by atoms with Crippen LogP contribution < -0.4 is 16.2 Å². The molecule has 0 radical (unpaired) electrons. The first-order chi connectivity index (χ1) is 11.6. The molecule has 1 aliphatic heterocycles. The topological polar surface area (TPSA) is 99.8 Å². The number of carbonyl (C=O) groups excluding carboxylic acids is 1. The second-order valence-electron chi connectivity index (χ2n) is 6.01. The summed E-state index contributed by atoms with van der Waals surface area (Å²) in [6.45, 7) is 3.52. The van der Waals surface area contributed by atoms with Crippen LogP contribution in [0.4, 0.5) is 0 Å². The Morgan fingerprint density at radius 2 is 2.33 bits per heavy atom. The second kappa shape index (κ2) is 7.35. The maximum absolute atomic E-state index is 12.4. The molecule has 7 nitrogen and oxygen atoms in total. The molecule has 3 N–H and O–H groups in total. The van der Waals surface area contributed by atoms with E-state index in [-0.39, 0.29) is 23.9 Å². The Hall–Kier alpha value is -2.54. The number of rotatable bonds is 4. The third kappa shape index (κ3) is 3.86. The van der Waals surface area contributed by atoms with Crippen LogP contribution in [0.3, 0.4) is 0 Å². The molecule has 3 rings (SSSR count). The highest BCUT2D eigenvalue weighted by atomic mass is 16.2. The summed E-state index contributed by atoms with van der Waals surface area (Å²) in [6, 6.07) is 3.74. The maximum atomic E-state index is 12.4. The third-order valence-corrected chi connectivity index (χ3v) is 4.16. The molecular weight excluding hydrogens is 306 g/mol. The van der Waals surface area contributed by atoms with E-state index in [9.17, 15) is 9.59 Å². The molecule has 0 saturated carbocycles. The standard InChI is InChI=1S/C17H21N5O2/c1-11-14(8-15(23)21-13-5-3-7-19-10-13)17(24)22-16(20-11)12-4-2-6-18-9-12/h2,4,6,9,13,19H,3,5,7-8,10H2,1H3,(H,21,23)(H,20,22,24)/t13-/m0/s1. The van der Waals surface area contributed by atoms with Crippen molar-refractivity contribution in [2.75, 3.05) is 13.1 Å². The monoisotopic (exact) mass is 327 g/mol. The van der Waals surface area contributed by atoms with E-state index in [1.165, 1.54) is 0 Å². The number of nitrogens with one attached hydrogen (secondary N) is 3. The summed E-state index contributed by atoms with van der Waals surface area (Å²) in [5.74, 6) is 0.319. The minimum absolute atomic E-state index is 0.0397. The van der Waals surface area contributed by atoms with E-state index in [0.29, 0.717) is 17.1 Å². The van der Waals surface area contributed by atoms with Gasteiger partial charge in [0.2, 0.25) is 5.91 Å². The van der Waals surface area contributed by atoms with E-state index in [1.807, 2.05) is 6.07 Å². The molecule has 1 amide bonds. The first kappa shape index (κ1) is 16.3. The fourth-order valence-corrected chi connectivity index (χ4v) is 2.87. The van der Waals surface area contributed by atoms with Gasteiger partial charge in [0.1, 0.15) is 5.82 Å². The van der Waals surface area contributed by atoms with Crippen LogP contribution in [0.25, 0.3) is 11.4 Å². The fraction of sp³-hybridized carbons (Fsp3) is 0.412. The Morgan fingerprint density at radius 1 is 1.46 bits per heavy atom. The molecule has 1 fully saturated rings. The second-order valence-corrected chi connectivity index (χ2v) is 6.01. The lowest BCUT2D eigenvalue weighted by atomic mass is 10.1. The van der Waals surface area contributed by atoms with Crippen molar-refractivity contribution in [2.45, 2.75) is 32.2 Å². The van der Waals surface area contributed by atoms with Crippen molar-refractivity contribution >= 4 is 5.91 Å². The van der Waals surface area contributed by atoms with Crippen LogP contribution in [0.2, 0.25) is 0 Å². The van der Waals surface area contributed by atoms with Gasteiger partial charge in [-0.3, -0.25) is 14.6 Å². The van der Waals surface area contributed by atoms with Crippen molar-refractivity contribution in [1.29, 1.82) is 0 Å². The first-order valence-electron chi connectivity index (χ1n) is 8.14. The molecule has 0 spiro atoms. The zero-order valence-corrected chi connectivity index (χ0v) is 13.6. The number of aromatic nitrogens is 3. The zero-order chi connectivity index (χ0) is 16.9. The SMILES string of the molecule is Cc1nc(-c2cccnc2)[nH]c(=O)c1CC(=O)N[C@H]1CCCNC1. The summed E-state index contributed by atoms with van der Waals surface area (Å²) < 4.78 is 0. The van der Waals surface area contributed by atoms with Gasteiger partial charge < -0.3 is 15.6 Å². The van der Waals surface area contributed by atoms with Gasteiger partial charge in [0.05, 0.1) is 6.42 Å². The van der Waals surface area contributed by atoms with Gasteiger partial charge in [0.15, 0.2) is 0 Å². The van der Waals surface area contributed by atoms with Gasteiger partial charge in [-0.15, -0.1) is 0 Å². The number of nitrogens with zero attached hydrogens (tertiary/aromatic N) is 2. The summed E-state index contributed by atoms with van der Waals surface area (Å²) in [6.07, 6.45) is 5.35. The Bertz CT molecular complexity index is 766. The zero-order valence-electron chi connectivity index (χ0n) is 13.6. The largest absolute Gasteiger partial charge is 0.352 e. The van der Waals surface area contributed by atoms with Gasteiger partial charge in [-0.2, -0.15) is 0 Å². The van der Waals surface area contributed by atoms with Gasteiger partial charge in [0, 0.05) is 41.8 Å². The van der Waals surface area contributed by atoms with Gasteiger partial charge in [-0.25, -0.2) is 4.98 Å². The smallest absolute Gasteiger partial charge is 0.255 e. The lowest BCUT2D eigenvalue weighted by molar-refractivity contribution is -0.121. The molecule has 2 aromatic rings. The quantitative estimate of drug-likeness (QED) is 0.761. The van der Waals surface area contributed by atoms with E-state index in [0.717, 1.165) is 31.5 Å². The van der Waals surface area contributed by atoms with E-state index in [1.54, 1.807) is 25.4 Å². The molecular formula is C17H21N5O2. The number of amides is 1. The van der Waals surface area contributed by atoms with Crippen LogP contribution in [0, 0.1) is 6.92 Å². The van der Waals surface area contributed by atoms with E-state index in [2.05, 4.69) is 25.6 Å². The number of hydrogen-bond donors (Lipinski definition) is 3. The lowest BCUT2D eigenvalue weighted by Gasteiger charge is -2.23. The molecule has 2 aromatic heterocycles. The van der Waals surface area contributed by atoms with Gasteiger partial charge in [0.25, 0.3) is 5.56 Å². The van der Waals surface area contributed by atoms with Crippen molar-refractivity contribution in [1.82, 2.24) is 25.6 Å². The van der Waals surface area contributed by atoms with Crippen molar-refractivity contribution < 1.29 is 4.79 Å². The van der Waals surface area contributed by atoms with Crippen LogP contribution in [0.15, 0.2) is 29.3 Å². The maximum Gasteiger partial charge on any atom is 0.255 e. The van der Waals surface area contributed by atoms with Gasteiger partial charge in [-0.05, 0) is 38.4 Å². The van der Waals surface area contributed by atoms with E-state index < -0.39 is 0 Å². The van der Waals surface area contributed by atoms with Crippen LogP contribution >= 0.6 is 0 Å². The highest BCUT2D eigenvalue weighted by Crippen LogP contribution is 2.13. The van der Waals surface area contributed by atoms with Crippen molar-refractivity contribution in [3.05, 3.63) is 46.1 Å². The molecule has 7 heteroatoms. The normalized spacial score (nSPS) is 17.5. The Morgan fingerprint density at radius 3 is 3.00 bits per heavy atom. The predicted molar refractivity (Wildman–Crippen MR) is 90.6 cm³/mol. The molecule has 24 heavy (non-hydrogen) atoms. The average Bonchev–Trinajstić information content (AvgIpc) is 2.59. The Balaban J connectivity index is 1.74. The molecule has 3 heterocycles. The number of pyridine rings is 1. The molecule has 0 aliphatic carbocycles. The van der Waals surface area contributed by atoms with Crippen LogP contribution in [0.1, 0.15) is 24.1 Å². The molecule has 1 saturated heterocycles. The summed E-state index contributed by atoms with van der Waals surface area (Å²) in [5, 5.41) is 6.23. The number of aryl methyl sites for hydroxylation is 1. The third-order valence-electron chi connectivity index (χ3n) is 4.16. The predicted octanol–water partition coefficient (Wildman–Crippen LogP) is 0.551. The van der Waals surface area contributed by atoms with Gasteiger partial charge >= 0.3 is 0 Å². The van der Waals surface area contributed by atoms with Gasteiger partial charge in [-0.1, -0.05) is 0 Å². The van der Waals surface area contributed by atoms with Crippen LogP contribution in [-0.4, -0.2) is 40.0 Å². The van der Waals surface area contributed by atoms with Crippen molar-refractivity contribution in [3.8, 4) is 11.4 Å². The molecule has 1 aliphatic rings. The molecule has 0 bridgehead atoms. The highest BCUT2D eigenvalue weighted by Gasteiger charge is 2.18. The minimum atomic E-state index is -0.279. The van der Waals surface area contributed by atoms with Crippen molar-refractivity contribution in [2.24, 2.45) is 0 Å². The summed E-state index contributed by atoms with van der Waals surface area (Å²) in [4.78, 5) is 35.7. The first-order valence-corrected chi connectivity index (χ1v) is 8.14. The number of piperidine rings is 1. The van der Waals surface area contributed by atoms with Crippen LogP contribution in [-0.2, 0) is 11.2 Å². The Labute approximate surface area is 139 Å². The number of carbonyl (C=O) groups is 1. The summed E-state index contributed by atoms with van der Waals surface area (Å²) >= 11 is 0. The minimum Gasteiger partial charge on any atom is -0.352 e. The van der Waals surface area contributed by atoms with E-state index >= 15 is 0 Å². The molecule has 0 unspecified atom stereocenters. The Kier molecular flexibility index (Phi) is 5.00. The molecule has 126 valence electrons. The number of H-pyrrole nitrogens is 1. The van der Waals surface area contributed by atoms with E-state index in [4.69, 9.17) is 0 Å². The summed E-state index contributed by atoms with van der Waals surface area (Å²) in [5.41, 5.74) is 1.43.